The Kier molecular flexibility index (Phi) is 6.51. The van der Waals surface area contributed by atoms with E-state index in [1.807, 2.05) is 0 Å². The molecule has 0 bridgehead atoms. The molecule has 0 aliphatic rings. The molecule has 0 rings (SSSR count). The average Bonchev–Trinajstić information content (AvgIpc) is 2.11. The fourth-order valence-electron chi connectivity index (χ4n) is 1.69. The van der Waals surface area contributed by atoms with Gasteiger partial charge in [-0.3, -0.25) is 0 Å². The van der Waals surface area contributed by atoms with E-state index in [0.717, 1.165) is 0 Å². The second kappa shape index (κ2) is 6.51. The van der Waals surface area contributed by atoms with E-state index in [0.29, 0.717) is 5.41 Å². The largest absolute Gasteiger partial charge is 0.0654 e. The Bertz CT molecular complexity index is 86.2. The van der Waals surface area contributed by atoms with Gasteiger partial charge in [-0.2, -0.15) is 0 Å². The molecule has 0 spiro atoms. The van der Waals surface area contributed by atoms with Crippen molar-refractivity contribution in [3.05, 3.63) is 0 Å². The lowest BCUT2D eigenvalue weighted by atomic mass is 9.78. The highest BCUT2D eigenvalue weighted by Gasteiger charge is 2.19. The smallest absolute Gasteiger partial charge is 0.0328 e. The first-order valence-electron chi connectivity index (χ1n) is 5.68. The maximum absolute atomic E-state index is 2.46. The van der Waals surface area contributed by atoms with Crippen molar-refractivity contribution >= 4 is 0 Å². The molecule has 0 atom stereocenters. The second-order valence-electron chi connectivity index (χ2n) is 4.37. The lowest BCUT2D eigenvalue weighted by Crippen LogP contribution is -2.14. The molecule has 0 aliphatic heterocycles. The maximum Gasteiger partial charge on any atom is -0.0328 e. The van der Waals surface area contributed by atoms with Crippen LogP contribution in [0.25, 0.3) is 0 Å². The Hall–Kier alpha value is 0. The van der Waals surface area contributed by atoms with E-state index in [9.17, 15) is 0 Å². The van der Waals surface area contributed by atoms with Crippen LogP contribution in [-0.4, -0.2) is 0 Å². The van der Waals surface area contributed by atoms with Crippen molar-refractivity contribution < 1.29 is 0 Å². The van der Waals surface area contributed by atoms with Crippen molar-refractivity contribution in [3.63, 3.8) is 0 Å². The summed E-state index contributed by atoms with van der Waals surface area (Å²) in [5.41, 5.74) is 0.645. The average molecular weight is 170 g/mol. The standard InChI is InChI=1S/C12H26/c1-5-8-10-12(4,7-3)11-9-6-2/h5-11H2,1-4H3. The van der Waals surface area contributed by atoms with Crippen molar-refractivity contribution in [2.24, 2.45) is 5.41 Å². The number of hydrogen-bond acceptors (Lipinski definition) is 0. The third-order valence-electron chi connectivity index (χ3n) is 3.12. The van der Waals surface area contributed by atoms with Gasteiger partial charge >= 0.3 is 0 Å². The minimum absolute atomic E-state index is 0.645. The first-order valence-corrected chi connectivity index (χ1v) is 5.68. The van der Waals surface area contributed by atoms with Crippen LogP contribution in [0, 0.1) is 5.41 Å². The first-order chi connectivity index (χ1) is 5.68. The fraction of sp³-hybridized carbons (Fsp3) is 1.00. The highest BCUT2D eigenvalue weighted by molar-refractivity contribution is 4.72. The van der Waals surface area contributed by atoms with Gasteiger partial charge in [0.2, 0.25) is 0 Å². The van der Waals surface area contributed by atoms with Crippen molar-refractivity contribution in [3.8, 4) is 0 Å². The molecular formula is C12H26. The zero-order valence-corrected chi connectivity index (χ0v) is 9.45. The van der Waals surface area contributed by atoms with Crippen LogP contribution in [-0.2, 0) is 0 Å². The summed E-state index contributed by atoms with van der Waals surface area (Å²) in [6.45, 7) is 9.37. The molecule has 0 aromatic rings. The predicted molar refractivity (Wildman–Crippen MR) is 57.4 cm³/mol. The predicted octanol–water partition coefficient (Wildman–Crippen LogP) is 4.78. The first kappa shape index (κ1) is 12.0. The summed E-state index contributed by atoms with van der Waals surface area (Å²) in [7, 11) is 0. The van der Waals surface area contributed by atoms with Gasteiger partial charge in [-0.25, -0.2) is 0 Å². The topological polar surface area (TPSA) is 0 Å². The summed E-state index contributed by atoms with van der Waals surface area (Å²) in [5, 5.41) is 0. The highest BCUT2D eigenvalue weighted by Crippen LogP contribution is 2.33. The van der Waals surface area contributed by atoms with Gasteiger partial charge < -0.3 is 0 Å². The number of rotatable bonds is 7. The SMILES string of the molecule is CCCCC(C)(CC)CCCC. The maximum atomic E-state index is 2.46. The van der Waals surface area contributed by atoms with Gasteiger partial charge in [0.1, 0.15) is 0 Å². The summed E-state index contributed by atoms with van der Waals surface area (Å²) >= 11 is 0. The van der Waals surface area contributed by atoms with Crippen molar-refractivity contribution in [2.45, 2.75) is 72.6 Å². The minimum atomic E-state index is 0.645. The van der Waals surface area contributed by atoms with E-state index in [-0.39, 0.29) is 0 Å². The van der Waals surface area contributed by atoms with Gasteiger partial charge in [0.25, 0.3) is 0 Å². The normalized spacial score (nSPS) is 12.0. The van der Waals surface area contributed by atoms with Gasteiger partial charge in [0, 0.05) is 0 Å². The molecule has 0 radical (unpaired) electrons. The molecule has 0 fully saturated rings. The van der Waals surface area contributed by atoms with Gasteiger partial charge in [0.15, 0.2) is 0 Å². The van der Waals surface area contributed by atoms with Crippen LogP contribution in [0.15, 0.2) is 0 Å². The van der Waals surface area contributed by atoms with E-state index in [2.05, 4.69) is 27.7 Å². The zero-order valence-electron chi connectivity index (χ0n) is 9.45. The molecule has 0 amide bonds. The molecule has 0 N–H and O–H groups in total. The summed E-state index contributed by atoms with van der Waals surface area (Å²) in [4.78, 5) is 0. The Morgan fingerprint density at radius 2 is 1.25 bits per heavy atom. The number of unbranched alkanes of at least 4 members (excludes halogenated alkanes) is 2. The molecule has 0 unspecified atom stereocenters. The number of hydrogen-bond donors (Lipinski definition) is 0. The lowest BCUT2D eigenvalue weighted by Gasteiger charge is -2.28. The monoisotopic (exact) mass is 170 g/mol. The van der Waals surface area contributed by atoms with Crippen LogP contribution in [0.3, 0.4) is 0 Å². The molecule has 0 heteroatoms. The summed E-state index contributed by atoms with van der Waals surface area (Å²) < 4.78 is 0. The molecule has 0 aromatic heterocycles. The fourth-order valence-corrected chi connectivity index (χ4v) is 1.69. The van der Waals surface area contributed by atoms with E-state index in [4.69, 9.17) is 0 Å². The Labute approximate surface area is 78.8 Å². The third kappa shape index (κ3) is 4.79. The summed E-state index contributed by atoms with van der Waals surface area (Å²) in [6, 6.07) is 0. The Balaban J connectivity index is 3.70. The Morgan fingerprint density at radius 1 is 0.833 bits per heavy atom. The van der Waals surface area contributed by atoms with Crippen molar-refractivity contribution in [1.82, 2.24) is 0 Å². The summed E-state index contributed by atoms with van der Waals surface area (Å²) in [5.74, 6) is 0. The molecule has 0 aromatic carbocycles. The van der Waals surface area contributed by atoms with Crippen LogP contribution in [0.5, 0.6) is 0 Å². The van der Waals surface area contributed by atoms with Crippen LogP contribution in [0.2, 0.25) is 0 Å². The molecule has 0 saturated heterocycles. The summed E-state index contributed by atoms with van der Waals surface area (Å²) in [6.07, 6.45) is 9.73. The quantitative estimate of drug-likeness (QED) is 0.515. The third-order valence-corrected chi connectivity index (χ3v) is 3.12. The zero-order chi connectivity index (χ0) is 9.45. The van der Waals surface area contributed by atoms with Gasteiger partial charge in [-0.1, -0.05) is 59.8 Å². The molecule has 0 aliphatic carbocycles. The van der Waals surface area contributed by atoms with Crippen molar-refractivity contribution in [1.29, 1.82) is 0 Å². The van der Waals surface area contributed by atoms with E-state index >= 15 is 0 Å². The van der Waals surface area contributed by atoms with Crippen LogP contribution in [0.4, 0.5) is 0 Å². The lowest BCUT2D eigenvalue weighted by molar-refractivity contribution is 0.246. The molecule has 12 heavy (non-hydrogen) atoms. The van der Waals surface area contributed by atoms with E-state index in [1.54, 1.807) is 0 Å². The molecule has 0 saturated carbocycles. The van der Waals surface area contributed by atoms with E-state index in [1.165, 1.54) is 44.9 Å². The van der Waals surface area contributed by atoms with Crippen molar-refractivity contribution in [2.75, 3.05) is 0 Å². The van der Waals surface area contributed by atoms with E-state index < -0.39 is 0 Å². The Morgan fingerprint density at radius 3 is 1.50 bits per heavy atom. The molecule has 74 valence electrons. The van der Waals surface area contributed by atoms with Crippen LogP contribution in [0.1, 0.15) is 72.6 Å². The highest BCUT2D eigenvalue weighted by atomic mass is 14.2. The molecular weight excluding hydrogens is 144 g/mol. The second-order valence-corrected chi connectivity index (χ2v) is 4.37. The molecule has 0 heterocycles. The van der Waals surface area contributed by atoms with Gasteiger partial charge in [-0.05, 0) is 18.3 Å². The van der Waals surface area contributed by atoms with Gasteiger partial charge in [-0.15, -0.1) is 0 Å². The van der Waals surface area contributed by atoms with Crippen LogP contribution >= 0.6 is 0 Å². The molecule has 0 nitrogen and oxygen atoms in total. The van der Waals surface area contributed by atoms with Crippen LogP contribution < -0.4 is 0 Å². The van der Waals surface area contributed by atoms with Gasteiger partial charge in [0.05, 0.1) is 0 Å². The minimum Gasteiger partial charge on any atom is -0.0654 e.